The Morgan fingerprint density at radius 1 is 1.35 bits per heavy atom. The lowest BCUT2D eigenvalue weighted by atomic mass is 9.89. The van der Waals surface area contributed by atoms with Crippen molar-refractivity contribution in [2.75, 3.05) is 13.1 Å². The summed E-state index contributed by atoms with van der Waals surface area (Å²) in [6.45, 7) is 6.65. The van der Waals surface area contributed by atoms with Gasteiger partial charge in [-0.1, -0.05) is 26.0 Å². The summed E-state index contributed by atoms with van der Waals surface area (Å²) in [5, 5.41) is 2.85. The molecule has 0 aromatic rings. The molecule has 1 aliphatic heterocycles. The van der Waals surface area contributed by atoms with Gasteiger partial charge in [0.05, 0.1) is 6.54 Å². The molecule has 0 aliphatic carbocycles. The molecular formula is C13H22N2O2. The maximum Gasteiger partial charge on any atom is 0.248 e. The van der Waals surface area contributed by atoms with Crippen molar-refractivity contribution in [1.29, 1.82) is 0 Å². The molecule has 1 heterocycles. The molecule has 0 unspecified atom stereocenters. The molecule has 1 saturated heterocycles. The Balaban J connectivity index is 2.78. The molecule has 1 aliphatic rings. The van der Waals surface area contributed by atoms with E-state index in [-0.39, 0.29) is 18.4 Å². The molecule has 4 heteroatoms. The first-order valence-electron chi connectivity index (χ1n) is 6.31. The fourth-order valence-electron chi connectivity index (χ4n) is 2.21. The van der Waals surface area contributed by atoms with Crippen LogP contribution in [0.1, 0.15) is 40.0 Å². The van der Waals surface area contributed by atoms with Crippen LogP contribution in [-0.2, 0) is 9.59 Å². The second-order valence-corrected chi connectivity index (χ2v) is 4.42. The van der Waals surface area contributed by atoms with Crippen LogP contribution in [0.2, 0.25) is 0 Å². The standard InChI is InChI=1S/C13H22N2O2/c1-4-7-8-9-15-10-11(16)14-13(5-2,6-3)12(15)17/h4,7H,5-6,8-10H2,1-3H3,(H,14,16)/b7-4+. The zero-order valence-corrected chi connectivity index (χ0v) is 11.0. The van der Waals surface area contributed by atoms with Gasteiger partial charge in [0.15, 0.2) is 0 Å². The maximum absolute atomic E-state index is 12.3. The summed E-state index contributed by atoms with van der Waals surface area (Å²) in [6, 6.07) is 0. The lowest BCUT2D eigenvalue weighted by Crippen LogP contribution is -2.66. The van der Waals surface area contributed by atoms with E-state index < -0.39 is 5.54 Å². The Bertz CT molecular complexity index is 319. The molecule has 1 fully saturated rings. The highest BCUT2D eigenvalue weighted by atomic mass is 16.2. The third-order valence-electron chi connectivity index (χ3n) is 3.42. The monoisotopic (exact) mass is 238 g/mol. The van der Waals surface area contributed by atoms with Gasteiger partial charge in [0.25, 0.3) is 0 Å². The fourth-order valence-corrected chi connectivity index (χ4v) is 2.21. The largest absolute Gasteiger partial charge is 0.340 e. The van der Waals surface area contributed by atoms with Crippen molar-refractivity contribution in [1.82, 2.24) is 10.2 Å². The molecule has 0 aromatic carbocycles. The second kappa shape index (κ2) is 5.84. The molecule has 17 heavy (non-hydrogen) atoms. The van der Waals surface area contributed by atoms with E-state index in [2.05, 4.69) is 5.32 Å². The molecule has 0 atom stereocenters. The first kappa shape index (κ1) is 13.7. The first-order chi connectivity index (χ1) is 8.09. The van der Waals surface area contributed by atoms with Crippen LogP contribution in [-0.4, -0.2) is 35.3 Å². The van der Waals surface area contributed by atoms with Crippen molar-refractivity contribution in [2.45, 2.75) is 45.6 Å². The third-order valence-corrected chi connectivity index (χ3v) is 3.42. The van der Waals surface area contributed by atoms with Crippen molar-refractivity contribution in [3.8, 4) is 0 Å². The van der Waals surface area contributed by atoms with E-state index in [1.807, 2.05) is 32.9 Å². The van der Waals surface area contributed by atoms with E-state index in [1.165, 1.54) is 0 Å². The zero-order valence-electron chi connectivity index (χ0n) is 11.0. The average Bonchev–Trinajstić information content (AvgIpc) is 2.33. The Hall–Kier alpha value is -1.32. The van der Waals surface area contributed by atoms with E-state index in [0.29, 0.717) is 19.4 Å². The fraction of sp³-hybridized carbons (Fsp3) is 0.692. The van der Waals surface area contributed by atoms with E-state index >= 15 is 0 Å². The number of piperazine rings is 1. The first-order valence-corrected chi connectivity index (χ1v) is 6.31. The molecule has 0 spiro atoms. The number of rotatable bonds is 5. The molecule has 2 amide bonds. The van der Waals surface area contributed by atoms with Crippen molar-refractivity contribution in [2.24, 2.45) is 0 Å². The van der Waals surface area contributed by atoms with Gasteiger partial charge >= 0.3 is 0 Å². The van der Waals surface area contributed by atoms with Crippen LogP contribution in [0.3, 0.4) is 0 Å². The van der Waals surface area contributed by atoms with Gasteiger partial charge in [0, 0.05) is 6.54 Å². The molecular weight excluding hydrogens is 216 g/mol. The summed E-state index contributed by atoms with van der Waals surface area (Å²) in [4.78, 5) is 25.7. The molecule has 0 saturated carbocycles. The van der Waals surface area contributed by atoms with Crippen LogP contribution in [0, 0.1) is 0 Å². The van der Waals surface area contributed by atoms with E-state index in [9.17, 15) is 9.59 Å². The predicted molar refractivity (Wildman–Crippen MR) is 67.5 cm³/mol. The van der Waals surface area contributed by atoms with E-state index in [1.54, 1.807) is 4.90 Å². The van der Waals surface area contributed by atoms with Gasteiger partial charge in [-0.25, -0.2) is 0 Å². The minimum Gasteiger partial charge on any atom is -0.340 e. The molecule has 0 radical (unpaired) electrons. The number of amides is 2. The molecule has 96 valence electrons. The third kappa shape index (κ3) is 2.87. The SMILES string of the molecule is C/C=C/CCN1CC(=O)NC(CC)(CC)C1=O. The summed E-state index contributed by atoms with van der Waals surface area (Å²) < 4.78 is 0. The zero-order chi connectivity index (χ0) is 12.9. The summed E-state index contributed by atoms with van der Waals surface area (Å²) in [5.41, 5.74) is -0.675. The van der Waals surface area contributed by atoms with E-state index in [4.69, 9.17) is 0 Å². The van der Waals surface area contributed by atoms with Crippen LogP contribution in [0.4, 0.5) is 0 Å². The van der Waals surface area contributed by atoms with Gasteiger partial charge in [-0.3, -0.25) is 9.59 Å². The summed E-state index contributed by atoms with van der Waals surface area (Å²) in [6.07, 6.45) is 6.07. The number of hydrogen-bond donors (Lipinski definition) is 1. The second-order valence-electron chi connectivity index (χ2n) is 4.42. The van der Waals surface area contributed by atoms with Crippen molar-refractivity contribution in [3.63, 3.8) is 0 Å². The van der Waals surface area contributed by atoms with Crippen molar-refractivity contribution < 1.29 is 9.59 Å². The minimum atomic E-state index is -0.675. The number of hydrogen-bond acceptors (Lipinski definition) is 2. The molecule has 0 bridgehead atoms. The summed E-state index contributed by atoms with van der Waals surface area (Å²) in [5.74, 6) is 0.0142. The van der Waals surface area contributed by atoms with Crippen LogP contribution in [0.5, 0.6) is 0 Å². The Kier molecular flexibility index (Phi) is 4.73. The van der Waals surface area contributed by atoms with Crippen LogP contribution in [0.25, 0.3) is 0 Å². The average molecular weight is 238 g/mol. The minimum absolute atomic E-state index is 0.0474. The quantitative estimate of drug-likeness (QED) is 0.737. The van der Waals surface area contributed by atoms with Gasteiger partial charge in [-0.05, 0) is 26.2 Å². The Morgan fingerprint density at radius 2 is 2.00 bits per heavy atom. The maximum atomic E-state index is 12.3. The van der Waals surface area contributed by atoms with Crippen molar-refractivity contribution in [3.05, 3.63) is 12.2 Å². The number of allylic oxidation sites excluding steroid dienone is 1. The number of nitrogens with zero attached hydrogens (tertiary/aromatic N) is 1. The summed E-state index contributed by atoms with van der Waals surface area (Å²) >= 11 is 0. The van der Waals surface area contributed by atoms with Crippen LogP contribution in [0.15, 0.2) is 12.2 Å². The highest BCUT2D eigenvalue weighted by Gasteiger charge is 2.43. The van der Waals surface area contributed by atoms with Crippen LogP contribution < -0.4 is 5.32 Å². The number of nitrogens with one attached hydrogen (secondary N) is 1. The smallest absolute Gasteiger partial charge is 0.248 e. The van der Waals surface area contributed by atoms with Gasteiger partial charge < -0.3 is 10.2 Å². The highest BCUT2D eigenvalue weighted by Crippen LogP contribution is 2.22. The number of carbonyl (C=O) groups is 2. The molecule has 0 aromatic heterocycles. The van der Waals surface area contributed by atoms with E-state index in [0.717, 1.165) is 6.42 Å². The Labute approximate surface area is 103 Å². The normalized spacial score (nSPS) is 19.8. The van der Waals surface area contributed by atoms with Gasteiger partial charge in [0.2, 0.25) is 11.8 Å². The van der Waals surface area contributed by atoms with Gasteiger partial charge in [-0.2, -0.15) is 0 Å². The van der Waals surface area contributed by atoms with Crippen LogP contribution >= 0.6 is 0 Å². The van der Waals surface area contributed by atoms with Gasteiger partial charge in [-0.15, -0.1) is 0 Å². The topological polar surface area (TPSA) is 49.4 Å². The van der Waals surface area contributed by atoms with Crippen molar-refractivity contribution >= 4 is 11.8 Å². The predicted octanol–water partition coefficient (Wildman–Crippen LogP) is 1.47. The van der Waals surface area contributed by atoms with Gasteiger partial charge in [0.1, 0.15) is 5.54 Å². The Morgan fingerprint density at radius 3 is 2.53 bits per heavy atom. The molecule has 4 nitrogen and oxygen atoms in total. The lowest BCUT2D eigenvalue weighted by Gasteiger charge is -2.41. The lowest BCUT2D eigenvalue weighted by molar-refractivity contribution is -0.150. The highest BCUT2D eigenvalue weighted by molar-refractivity contribution is 5.97. The molecule has 1 N–H and O–H groups in total. The number of carbonyl (C=O) groups excluding carboxylic acids is 2. The summed E-state index contributed by atoms with van der Waals surface area (Å²) in [7, 11) is 0. The molecule has 1 rings (SSSR count).